The van der Waals surface area contributed by atoms with Gasteiger partial charge in [0.1, 0.15) is 0 Å². The zero-order valence-electron chi connectivity index (χ0n) is 12.3. The van der Waals surface area contributed by atoms with Crippen LogP contribution in [0.5, 0.6) is 0 Å². The first-order chi connectivity index (χ1) is 10.6. The molecule has 1 fully saturated rings. The number of fused-ring (bicyclic) bond motifs is 1. The molecule has 118 valence electrons. The number of hydrogen-bond donors (Lipinski definition) is 1. The van der Waals surface area contributed by atoms with Gasteiger partial charge in [-0.25, -0.2) is 8.42 Å². The van der Waals surface area contributed by atoms with Gasteiger partial charge < -0.3 is 9.84 Å². The van der Waals surface area contributed by atoms with Crippen LogP contribution >= 0.6 is 0 Å². The molecule has 0 unspecified atom stereocenters. The van der Waals surface area contributed by atoms with Gasteiger partial charge in [-0.05, 0) is 29.3 Å². The molecule has 0 bridgehead atoms. The third-order valence-corrected chi connectivity index (χ3v) is 6.11. The molecule has 3 rings (SSSR count). The van der Waals surface area contributed by atoms with E-state index in [9.17, 15) is 13.5 Å². The zero-order chi connectivity index (χ0) is 15.7. The number of sulfonamides is 1. The molecule has 0 aromatic heterocycles. The van der Waals surface area contributed by atoms with Crippen LogP contribution in [0.3, 0.4) is 0 Å². The number of aliphatic hydroxyl groups excluding tert-OH is 1. The Labute approximate surface area is 130 Å². The van der Waals surface area contributed by atoms with E-state index in [0.29, 0.717) is 6.42 Å². The highest BCUT2D eigenvalue weighted by Crippen LogP contribution is 2.29. The molecule has 0 spiro atoms. The summed E-state index contributed by atoms with van der Waals surface area (Å²) in [5.41, 5.74) is 0. The Morgan fingerprint density at radius 1 is 1.23 bits per heavy atom. The van der Waals surface area contributed by atoms with E-state index in [1.165, 1.54) is 4.31 Å². The van der Waals surface area contributed by atoms with Crippen LogP contribution < -0.4 is 0 Å². The topological polar surface area (TPSA) is 66.8 Å². The first kappa shape index (κ1) is 15.4. The van der Waals surface area contributed by atoms with Crippen molar-refractivity contribution in [3.8, 4) is 0 Å². The van der Waals surface area contributed by atoms with E-state index in [4.69, 9.17) is 4.74 Å². The SMILES string of the molecule is CO[C@H]1C[C@@H](CO)N(S(=O)(=O)c2ccc3ccccc3c2)C1. The van der Waals surface area contributed by atoms with E-state index in [0.717, 1.165) is 10.8 Å². The van der Waals surface area contributed by atoms with Crippen molar-refractivity contribution < 1.29 is 18.3 Å². The molecule has 2 aromatic carbocycles. The van der Waals surface area contributed by atoms with Crippen molar-refractivity contribution in [3.05, 3.63) is 42.5 Å². The van der Waals surface area contributed by atoms with Gasteiger partial charge in [-0.3, -0.25) is 0 Å². The van der Waals surface area contributed by atoms with Gasteiger partial charge in [0.25, 0.3) is 0 Å². The molecule has 0 saturated carbocycles. The molecule has 22 heavy (non-hydrogen) atoms. The molecule has 2 aromatic rings. The van der Waals surface area contributed by atoms with E-state index in [2.05, 4.69) is 0 Å². The number of benzene rings is 2. The normalized spacial score (nSPS) is 23.2. The van der Waals surface area contributed by atoms with Crippen molar-refractivity contribution >= 4 is 20.8 Å². The first-order valence-corrected chi connectivity index (χ1v) is 8.64. The number of ether oxygens (including phenoxy) is 1. The van der Waals surface area contributed by atoms with Crippen LogP contribution in [0.1, 0.15) is 6.42 Å². The number of hydrogen-bond acceptors (Lipinski definition) is 4. The summed E-state index contributed by atoms with van der Waals surface area (Å²) in [6.45, 7) is 0.0730. The summed E-state index contributed by atoms with van der Waals surface area (Å²) in [6.07, 6.45) is 0.340. The lowest BCUT2D eigenvalue weighted by Gasteiger charge is -2.22. The fraction of sp³-hybridized carbons (Fsp3) is 0.375. The second-order valence-electron chi connectivity index (χ2n) is 5.51. The van der Waals surface area contributed by atoms with Crippen LogP contribution in [0.2, 0.25) is 0 Å². The van der Waals surface area contributed by atoms with Gasteiger partial charge in [-0.2, -0.15) is 4.31 Å². The maximum atomic E-state index is 12.9. The van der Waals surface area contributed by atoms with Crippen molar-refractivity contribution in [2.24, 2.45) is 0 Å². The summed E-state index contributed by atoms with van der Waals surface area (Å²) >= 11 is 0. The predicted octanol–water partition coefficient (Wildman–Crippen LogP) is 1.61. The van der Waals surface area contributed by atoms with Crippen molar-refractivity contribution in [2.45, 2.75) is 23.5 Å². The van der Waals surface area contributed by atoms with Crippen molar-refractivity contribution in [3.63, 3.8) is 0 Å². The predicted molar refractivity (Wildman–Crippen MR) is 84.1 cm³/mol. The van der Waals surface area contributed by atoms with E-state index in [1.807, 2.05) is 24.3 Å². The summed E-state index contributed by atoms with van der Waals surface area (Å²) in [6, 6.07) is 12.3. The molecule has 2 atom stereocenters. The smallest absolute Gasteiger partial charge is 0.243 e. The van der Waals surface area contributed by atoms with E-state index < -0.39 is 16.1 Å². The average Bonchev–Trinajstić information content (AvgIpc) is 2.98. The Morgan fingerprint density at radius 2 is 1.95 bits per heavy atom. The molecule has 0 radical (unpaired) electrons. The molecule has 6 heteroatoms. The monoisotopic (exact) mass is 321 g/mol. The zero-order valence-corrected chi connectivity index (χ0v) is 13.2. The van der Waals surface area contributed by atoms with Crippen LogP contribution in [-0.4, -0.2) is 50.2 Å². The van der Waals surface area contributed by atoms with Crippen LogP contribution in [0.4, 0.5) is 0 Å². The van der Waals surface area contributed by atoms with Gasteiger partial charge in [-0.1, -0.05) is 30.3 Å². The van der Waals surface area contributed by atoms with Crippen molar-refractivity contribution in [2.75, 3.05) is 20.3 Å². The Hall–Kier alpha value is -1.47. The molecule has 1 aliphatic rings. The van der Waals surface area contributed by atoms with Gasteiger partial charge in [0.05, 0.1) is 23.6 Å². The largest absolute Gasteiger partial charge is 0.395 e. The summed E-state index contributed by atoms with van der Waals surface area (Å²) in [7, 11) is -2.08. The second-order valence-corrected chi connectivity index (χ2v) is 7.40. The van der Waals surface area contributed by atoms with Gasteiger partial charge >= 0.3 is 0 Å². The molecule has 1 heterocycles. The molecular formula is C16H19NO4S. The minimum absolute atomic E-state index is 0.174. The van der Waals surface area contributed by atoms with Crippen molar-refractivity contribution in [1.29, 1.82) is 0 Å². The lowest BCUT2D eigenvalue weighted by atomic mass is 10.1. The second kappa shape index (κ2) is 5.96. The van der Waals surface area contributed by atoms with Crippen LogP contribution in [-0.2, 0) is 14.8 Å². The maximum Gasteiger partial charge on any atom is 0.243 e. The van der Waals surface area contributed by atoms with Gasteiger partial charge in [0.2, 0.25) is 10.0 Å². The highest BCUT2D eigenvalue weighted by atomic mass is 32.2. The summed E-state index contributed by atoms with van der Waals surface area (Å²) in [5, 5.41) is 11.3. The van der Waals surface area contributed by atoms with Crippen LogP contribution in [0.15, 0.2) is 47.4 Å². The summed E-state index contributed by atoms with van der Waals surface area (Å²) in [5.74, 6) is 0. The highest BCUT2D eigenvalue weighted by molar-refractivity contribution is 7.89. The Balaban J connectivity index is 2.00. The molecule has 1 aliphatic heterocycles. The average molecular weight is 321 g/mol. The van der Waals surface area contributed by atoms with Gasteiger partial charge in [-0.15, -0.1) is 0 Å². The molecule has 1 saturated heterocycles. The lowest BCUT2D eigenvalue weighted by Crippen LogP contribution is -2.38. The minimum atomic E-state index is -3.64. The van der Waals surface area contributed by atoms with Crippen LogP contribution in [0, 0.1) is 0 Å². The van der Waals surface area contributed by atoms with Gasteiger partial charge in [0, 0.05) is 13.7 Å². The highest BCUT2D eigenvalue weighted by Gasteiger charge is 2.40. The molecule has 0 aliphatic carbocycles. The number of rotatable bonds is 4. The third-order valence-electron chi connectivity index (χ3n) is 4.20. The van der Waals surface area contributed by atoms with E-state index >= 15 is 0 Å². The Kier molecular flexibility index (Phi) is 4.18. The fourth-order valence-electron chi connectivity index (χ4n) is 2.94. The van der Waals surface area contributed by atoms with Crippen molar-refractivity contribution in [1.82, 2.24) is 4.31 Å². The summed E-state index contributed by atoms with van der Waals surface area (Å²) < 4.78 is 32.3. The quantitative estimate of drug-likeness (QED) is 0.929. The van der Waals surface area contributed by atoms with Crippen LogP contribution in [0.25, 0.3) is 10.8 Å². The molecule has 5 nitrogen and oxygen atoms in total. The van der Waals surface area contributed by atoms with E-state index in [-0.39, 0.29) is 24.2 Å². The molecule has 1 N–H and O–H groups in total. The van der Waals surface area contributed by atoms with E-state index in [1.54, 1.807) is 25.3 Å². The number of nitrogens with zero attached hydrogens (tertiary/aromatic N) is 1. The minimum Gasteiger partial charge on any atom is -0.395 e. The number of methoxy groups -OCH3 is 1. The lowest BCUT2D eigenvalue weighted by molar-refractivity contribution is 0.113. The molecular weight excluding hydrogens is 302 g/mol. The summed E-state index contributed by atoms with van der Waals surface area (Å²) in [4.78, 5) is 0.251. The number of aliphatic hydroxyl groups is 1. The Morgan fingerprint density at radius 3 is 2.64 bits per heavy atom. The fourth-order valence-corrected chi connectivity index (χ4v) is 4.63. The first-order valence-electron chi connectivity index (χ1n) is 7.20. The van der Waals surface area contributed by atoms with Gasteiger partial charge in [0.15, 0.2) is 0 Å². The maximum absolute atomic E-state index is 12.9. The standard InChI is InChI=1S/C16H19NO4S/c1-21-15-9-14(11-18)17(10-15)22(19,20)16-7-6-12-4-2-3-5-13(12)8-16/h2-8,14-15,18H,9-11H2,1H3/t14-,15-/m0/s1. The Bertz CT molecular complexity index is 775. The molecule has 0 amide bonds. The third kappa shape index (κ3) is 2.63.